The van der Waals surface area contributed by atoms with Crippen LogP contribution in [-0.4, -0.2) is 23.3 Å². The number of carbonyl (C=O) groups is 2. The largest absolute Gasteiger partial charge is 0.352 e. The maximum Gasteiger partial charge on any atom is 0.273 e. The number of rotatable bonds is 7. The smallest absolute Gasteiger partial charge is 0.273 e. The van der Waals surface area contributed by atoms with E-state index in [-0.39, 0.29) is 22.7 Å². The quantitative estimate of drug-likeness (QED) is 0.457. The summed E-state index contributed by atoms with van der Waals surface area (Å²) < 4.78 is 0. The van der Waals surface area contributed by atoms with Crippen molar-refractivity contribution in [1.29, 1.82) is 0 Å². The van der Waals surface area contributed by atoms with Gasteiger partial charge in [-0.3, -0.25) is 19.7 Å². The summed E-state index contributed by atoms with van der Waals surface area (Å²) in [6.45, 7) is 1.98. The molecular weight excluding hydrogens is 382 g/mol. The number of anilines is 1. The molecule has 0 saturated heterocycles. The fraction of sp³-hybridized carbons (Fsp3) is 0.130. The van der Waals surface area contributed by atoms with Gasteiger partial charge >= 0.3 is 0 Å². The number of hydrogen-bond acceptors (Lipinski definition) is 4. The van der Waals surface area contributed by atoms with Crippen molar-refractivity contribution in [2.75, 3.05) is 11.9 Å². The van der Waals surface area contributed by atoms with Crippen LogP contribution in [-0.2, 0) is 6.42 Å². The van der Waals surface area contributed by atoms with Gasteiger partial charge in [-0.05, 0) is 37.1 Å². The van der Waals surface area contributed by atoms with Crippen molar-refractivity contribution in [3.05, 3.63) is 105 Å². The average Bonchev–Trinajstić information content (AvgIpc) is 2.74. The van der Waals surface area contributed by atoms with Gasteiger partial charge in [0.25, 0.3) is 17.5 Å². The number of hydrogen-bond donors (Lipinski definition) is 2. The maximum atomic E-state index is 12.7. The van der Waals surface area contributed by atoms with Crippen LogP contribution in [0, 0.1) is 17.0 Å². The molecule has 0 aromatic heterocycles. The molecule has 0 aliphatic carbocycles. The van der Waals surface area contributed by atoms with Crippen molar-refractivity contribution < 1.29 is 14.5 Å². The summed E-state index contributed by atoms with van der Waals surface area (Å²) in [6, 6.07) is 20.8. The van der Waals surface area contributed by atoms with Crippen LogP contribution in [0.3, 0.4) is 0 Å². The standard InChI is InChI=1S/C23H21N3O4/c1-16-18(11-7-13-21(16)26(29)30)23(28)25-20-12-6-5-10-19(20)22(27)24-15-14-17-8-3-2-4-9-17/h2-13H,14-15H2,1H3,(H,24,27)(H,25,28). The van der Waals surface area contributed by atoms with Crippen LogP contribution in [0.15, 0.2) is 72.8 Å². The molecule has 0 bridgehead atoms. The molecule has 7 heteroatoms. The molecule has 0 radical (unpaired) electrons. The summed E-state index contributed by atoms with van der Waals surface area (Å²) in [7, 11) is 0. The molecule has 0 aliphatic heterocycles. The zero-order chi connectivity index (χ0) is 21.5. The Morgan fingerprint density at radius 1 is 0.867 bits per heavy atom. The predicted molar refractivity (Wildman–Crippen MR) is 115 cm³/mol. The molecule has 3 aromatic carbocycles. The Labute approximate surface area is 173 Å². The normalized spacial score (nSPS) is 10.3. The second-order valence-corrected chi connectivity index (χ2v) is 6.70. The zero-order valence-corrected chi connectivity index (χ0v) is 16.4. The molecule has 3 aromatic rings. The minimum Gasteiger partial charge on any atom is -0.352 e. The Morgan fingerprint density at radius 3 is 2.27 bits per heavy atom. The topological polar surface area (TPSA) is 101 Å². The van der Waals surface area contributed by atoms with E-state index in [1.807, 2.05) is 30.3 Å². The third-order valence-corrected chi connectivity index (χ3v) is 4.71. The molecule has 0 heterocycles. The molecule has 3 rings (SSSR count). The number of nitro groups is 1. The Kier molecular flexibility index (Phi) is 6.54. The lowest BCUT2D eigenvalue weighted by molar-refractivity contribution is -0.385. The van der Waals surface area contributed by atoms with E-state index in [2.05, 4.69) is 10.6 Å². The summed E-state index contributed by atoms with van der Waals surface area (Å²) in [6.07, 6.45) is 0.688. The first-order chi connectivity index (χ1) is 14.5. The van der Waals surface area contributed by atoms with E-state index in [9.17, 15) is 19.7 Å². The first-order valence-corrected chi connectivity index (χ1v) is 9.44. The monoisotopic (exact) mass is 403 g/mol. The summed E-state index contributed by atoms with van der Waals surface area (Å²) in [5, 5.41) is 16.7. The minimum atomic E-state index is -0.528. The van der Waals surface area contributed by atoms with Crippen molar-refractivity contribution in [2.45, 2.75) is 13.3 Å². The molecule has 0 unspecified atom stereocenters. The van der Waals surface area contributed by atoms with Gasteiger partial charge in [0, 0.05) is 23.7 Å². The number of nitrogens with one attached hydrogen (secondary N) is 2. The van der Waals surface area contributed by atoms with Gasteiger partial charge in [-0.15, -0.1) is 0 Å². The first kappa shape index (κ1) is 20.7. The molecule has 2 N–H and O–H groups in total. The average molecular weight is 403 g/mol. The maximum absolute atomic E-state index is 12.7. The molecule has 7 nitrogen and oxygen atoms in total. The van der Waals surface area contributed by atoms with Gasteiger partial charge in [0.2, 0.25) is 0 Å². The number of nitrogens with zero attached hydrogens (tertiary/aromatic N) is 1. The van der Waals surface area contributed by atoms with E-state index in [1.165, 1.54) is 25.1 Å². The van der Waals surface area contributed by atoms with Crippen molar-refractivity contribution in [3.8, 4) is 0 Å². The van der Waals surface area contributed by atoms with E-state index in [0.29, 0.717) is 24.2 Å². The molecule has 0 fully saturated rings. The highest BCUT2D eigenvalue weighted by Crippen LogP contribution is 2.23. The van der Waals surface area contributed by atoms with Crippen LogP contribution in [0.25, 0.3) is 0 Å². The van der Waals surface area contributed by atoms with E-state index >= 15 is 0 Å². The second-order valence-electron chi connectivity index (χ2n) is 6.70. The highest BCUT2D eigenvalue weighted by molar-refractivity contribution is 6.09. The van der Waals surface area contributed by atoms with Crippen molar-refractivity contribution in [3.63, 3.8) is 0 Å². The SMILES string of the molecule is Cc1c(C(=O)Nc2ccccc2C(=O)NCCc2ccccc2)cccc1[N+](=O)[O-]. The van der Waals surface area contributed by atoms with Crippen LogP contribution in [0.4, 0.5) is 11.4 Å². The summed E-state index contributed by atoms with van der Waals surface area (Å²) >= 11 is 0. The summed E-state index contributed by atoms with van der Waals surface area (Å²) in [4.78, 5) is 35.9. The molecule has 2 amide bonds. The summed E-state index contributed by atoms with van der Waals surface area (Å²) in [5.74, 6) is -0.821. The predicted octanol–water partition coefficient (Wildman–Crippen LogP) is 4.13. The Bertz CT molecular complexity index is 1080. The van der Waals surface area contributed by atoms with Crippen LogP contribution >= 0.6 is 0 Å². The molecule has 0 saturated carbocycles. The molecule has 0 spiro atoms. The van der Waals surface area contributed by atoms with Gasteiger partial charge in [0.1, 0.15) is 0 Å². The zero-order valence-electron chi connectivity index (χ0n) is 16.4. The summed E-state index contributed by atoms with van der Waals surface area (Å²) in [5.41, 5.74) is 2.09. The number of carbonyl (C=O) groups excluding carboxylic acids is 2. The van der Waals surface area contributed by atoms with Gasteiger partial charge in [-0.2, -0.15) is 0 Å². The van der Waals surface area contributed by atoms with Gasteiger partial charge in [-0.1, -0.05) is 48.5 Å². The van der Waals surface area contributed by atoms with E-state index in [1.54, 1.807) is 24.3 Å². The lowest BCUT2D eigenvalue weighted by atomic mass is 10.1. The van der Waals surface area contributed by atoms with Gasteiger partial charge < -0.3 is 10.6 Å². The molecular formula is C23H21N3O4. The van der Waals surface area contributed by atoms with Gasteiger partial charge in [0.15, 0.2) is 0 Å². The van der Waals surface area contributed by atoms with Crippen LogP contribution in [0.2, 0.25) is 0 Å². The molecule has 152 valence electrons. The molecule has 30 heavy (non-hydrogen) atoms. The van der Waals surface area contributed by atoms with E-state index in [0.717, 1.165) is 5.56 Å². The van der Waals surface area contributed by atoms with Crippen molar-refractivity contribution in [2.24, 2.45) is 0 Å². The number of para-hydroxylation sites is 1. The Morgan fingerprint density at radius 2 is 1.53 bits per heavy atom. The minimum absolute atomic E-state index is 0.130. The first-order valence-electron chi connectivity index (χ1n) is 9.44. The highest BCUT2D eigenvalue weighted by atomic mass is 16.6. The molecule has 0 atom stereocenters. The van der Waals surface area contributed by atoms with Gasteiger partial charge in [-0.25, -0.2) is 0 Å². The lowest BCUT2D eigenvalue weighted by Crippen LogP contribution is -2.27. The fourth-order valence-electron chi connectivity index (χ4n) is 3.11. The fourth-order valence-corrected chi connectivity index (χ4v) is 3.11. The third-order valence-electron chi connectivity index (χ3n) is 4.71. The van der Waals surface area contributed by atoms with E-state index < -0.39 is 10.8 Å². The Balaban J connectivity index is 1.72. The number of amides is 2. The molecule has 0 aliphatic rings. The van der Waals surface area contributed by atoms with Crippen LogP contribution < -0.4 is 10.6 Å². The number of nitro benzene ring substituents is 1. The van der Waals surface area contributed by atoms with Crippen molar-refractivity contribution in [1.82, 2.24) is 5.32 Å². The van der Waals surface area contributed by atoms with Gasteiger partial charge in [0.05, 0.1) is 16.2 Å². The van der Waals surface area contributed by atoms with Crippen molar-refractivity contribution >= 4 is 23.2 Å². The lowest BCUT2D eigenvalue weighted by Gasteiger charge is -2.12. The van der Waals surface area contributed by atoms with E-state index in [4.69, 9.17) is 0 Å². The number of benzene rings is 3. The van der Waals surface area contributed by atoms with Crippen LogP contribution in [0.1, 0.15) is 31.8 Å². The third kappa shape index (κ3) is 4.88. The second kappa shape index (κ2) is 9.47. The van der Waals surface area contributed by atoms with Crippen LogP contribution in [0.5, 0.6) is 0 Å². The Hall–Kier alpha value is -4.00. The highest BCUT2D eigenvalue weighted by Gasteiger charge is 2.19.